The normalized spacial score (nSPS) is 14.6. The summed E-state index contributed by atoms with van der Waals surface area (Å²) in [7, 11) is 6.37. The second kappa shape index (κ2) is 7.07. The van der Waals surface area contributed by atoms with Crippen molar-refractivity contribution in [2.24, 2.45) is 0 Å². The fraction of sp³-hybridized carbons (Fsp3) is 0.750. The fourth-order valence-electron chi connectivity index (χ4n) is 2.49. The van der Waals surface area contributed by atoms with Crippen LogP contribution >= 0.6 is 0 Å². The first-order valence-corrected chi connectivity index (χ1v) is 8.01. The van der Waals surface area contributed by atoms with E-state index in [2.05, 4.69) is 50.1 Å². The van der Waals surface area contributed by atoms with Gasteiger partial charge in [-0.15, -0.1) is 0 Å². The van der Waals surface area contributed by atoms with E-state index in [0.29, 0.717) is 5.92 Å². The van der Waals surface area contributed by atoms with Crippen molar-refractivity contribution in [3.8, 4) is 0 Å². The maximum absolute atomic E-state index is 4.84. The summed E-state index contributed by atoms with van der Waals surface area (Å²) in [6.07, 6.45) is 3.61. The smallest absolute Gasteiger partial charge is 0.137 e. The Hall–Kier alpha value is -1.36. The van der Waals surface area contributed by atoms with Crippen molar-refractivity contribution >= 4 is 11.6 Å². The number of anilines is 2. The van der Waals surface area contributed by atoms with E-state index in [0.717, 1.165) is 49.1 Å². The number of nitrogens with one attached hydrogen (secondary N) is 1. The van der Waals surface area contributed by atoms with E-state index in [1.165, 1.54) is 12.8 Å². The third-order valence-electron chi connectivity index (χ3n) is 3.88. The van der Waals surface area contributed by atoms with Gasteiger partial charge >= 0.3 is 0 Å². The molecule has 0 spiro atoms. The lowest BCUT2D eigenvalue weighted by atomic mass is 10.2. The number of rotatable bonds is 8. The second-order valence-corrected chi connectivity index (χ2v) is 6.26. The standard InChI is InChI=1S/C16H29N5/c1-6-17-14-12(2)16(19-15(18-14)13-8-9-13)21(5)11-7-10-20(3)4/h13H,6-11H2,1-5H3,(H,17,18,19). The van der Waals surface area contributed by atoms with Crippen molar-refractivity contribution in [3.05, 3.63) is 11.4 Å². The quantitative estimate of drug-likeness (QED) is 0.797. The van der Waals surface area contributed by atoms with Crippen LogP contribution in [0.1, 0.15) is 43.5 Å². The van der Waals surface area contributed by atoms with E-state index in [1.807, 2.05) is 0 Å². The lowest BCUT2D eigenvalue weighted by molar-refractivity contribution is 0.401. The molecule has 0 bridgehead atoms. The summed E-state index contributed by atoms with van der Waals surface area (Å²) in [6.45, 7) is 7.24. The van der Waals surface area contributed by atoms with Gasteiger partial charge in [0.15, 0.2) is 0 Å². The van der Waals surface area contributed by atoms with E-state index < -0.39 is 0 Å². The molecule has 21 heavy (non-hydrogen) atoms. The van der Waals surface area contributed by atoms with Crippen LogP contribution in [0, 0.1) is 6.92 Å². The fourth-order valence-corrected chi connectivity index (χ4v) is 2.49. The second-order valence-electron chi connectivity index (χ2n) is 6.26. The summed E-state index contributed by atoms with van der Waals surface area (Å²) >= 11 is 0. The van der Waals surface area contributed by atoms with Gasteiger partial charge < -0.3 is 15.1 Å². The van der Waals surface area contributed by atoms with E-state index in [4.69, 9.17) is 9.97 Å². The minimum Gasteiger partial charge on any atom is -0.370 e. The highest BCUT2D eigenvalue weighted by atomic mass is 15.2. The van der Waals surface area contributed by atoms with Crippen LogP contribution in [0.2, 0.25) is 0 Å². The van der Waals surface area contributed by atoms with Gasteiger partial charge in [-0.3, -0.25) is 0 Å². The number of hydrogen-bond acceptors (Lipinski definition) is 5. The van der Waals surface area contributed by atoms with Crippen LogP contribution in [0.4, 0.5) is 11.6 Å². The molecule has 1 N–H and O–H groups in total. The molecule has 0 aliphatic heterocycles. The molecule has 5 nitrogen and oxygen atoms in total. The van der Waals surface area contributed by atoms with Crippen LogP contribution in [-0.4, -0.2) is 55.6 Å². The molecule has 0 aromatic carbocycles. The third-order valence-corrected chi connectivity index (χ3v) is 3.88. The first kappa shape index (κ1) is 16.0. The van der Waals surface area contributed by atoms with Gasteiger partial charge in [0.1, 0.15) is 17.5 Å². The van der Waals surface area contributed by atoms with Crippen molar-refractivity contribution in [2.75, 3.05) is 51.0 Å². The maximum Gasteiger partial charge on any atom is 0.137 e. The average Bonchev–Trinajstić information content (AvgIpc) is 3.25. The molecular formula is C16H29N5. The third kappa shape index (κ3) is 4.30. The average molecular weight is 291 g/mol. The molecule has 5 heteroatoms. The van der Waals surface area contributed by atoms with Crippen molar-refractivity contribution in [1.29, 1.82) is 0 Å². The largest absolute Gasteiger partial charge is 0.370 e. The molecular weight excluding hydrogens is 262 g/mol. The van der Waals surface area contributed by atoms with Crippen LogP contribution in [0.15, 0.2) is 0 Å². The van der Waals surface area contributed by atoms with Crippen LogP contribution in [-0.2, 0) is 0 Å². The Morgan fingerprint density at radius 2 is 1.86 bits per heavy atom. The van der Waals surface area contributed by atoms with Gasteiger partial charge in [0.2, 0.25) is 0 Å². The van der Waals surface area contributed by atoms with Gasteiger partial charge in [0.05, 0.1) is 0 Å². The van der Waals surface area contributed by atoms with Gasteiger partial charge in [-0.1, -0.05) is 0 Å². The molecule has 118 valence electrons. The molecule has 0 saturated heterocycles. The number of hydrogen-bond donors (Lipinski definition) is 1. The molecule has 1 saturated carbocycles. The molecule has 1 heterocycles. The van der Waals surface area contributed by atoms with Gasteiger partial charge in [-0.2, -0.15) is 0 Å². The summed E-state index contributed by atoms with van der Waals surface area (Å²) in [5.74, 6) is 3.69. The van der Waals surface area contributed by atoms with E-state index in [9.17, 15) is 0 Å². The SMILES string of the molecule is CCNc1nc(C2CC2)nc(N(C)CCCN(C)C)c1C. The van der Waals surface area contributed by atoms with Gasteiger partial charge in [0, 0.05) is 31.6 Å². The zero-order chi connectivity index (χ0) is 15.4. The first-order valence-electron chi connectivity index (χ1n) is 8.01. The summed E-state index contributed by atoms with van der Waals surface area (Å²) in [5, 5.41) is 3.38. The van der Waals surface area contributed by atoms with Crippen LogP contribution in [0.5, 0.6) is 0 Å². The Morgan fingerprint density at radius 1 is 1.14 bits per heavy atom. The number of aromatic nitrogens is 2. The molecule has 1 aromatic heterocycles. The molecule has 0 amide bonds. The van der Waals surface area contributed by atoms with Crippen LogP contribution in [0.3, 0.4) is 0 Å². The van der Waals surface area contributed by atoms with E-state index in [1.54, 1.807) is 0 Å². The highest BCUT2D eigenvalue weighted by Gasteiger charge is 2.28. The Balaban J connectivity index is 2.15. The van der Waals surface area contributed by atoms with E-state index in [-0.39, 0.29) is 0 Å². The summed E-state index contributed by atoms with van der Waals surface area (Å²) in [6, 6.07) is 0. The molecule has 0 radical (unpaired) electrons. The van der Waals surface area contributed by atoms with Gasteiger partial charge in [-0.05, 0) is 53.8 Å². The van der Waals surface area contributed by atoms with Crippen molar-refractivity contribution < 1.29 is 0 Å². The van der Waals surface area contributed by atoms with Crippen molar-refractivity contribution in [1.82, 2.24) is 14.9 Å². The Morgan fingerprint density at radius 3 is 2.43 bits per heavy atom. The summed E-state index contributed by atoms with van der Waals surface area (Å²) in [4.78, 5) is 14.0. The van der Waals surface area contributed by atoms with Gasteiger partial charge in [0.25, 0.3) is 0 Å². The molecule has 0 unspecified atom stereocenters. The maximum atomic E-state index is 4.84. The molecule has 1 aliphatic rings. The Labute approximate surface area is 128 Å². The zero-order valence-corrected chi connectivity index (χ0v) is 14.1. The first-order chi connectivity index (χ1) is 10.0. The monoisotopic (exact) mass is 291 g/mol. The van der Waals surface area contributed by atoms with Crippen LogP contribution < -0.4 is 10.2 Å². The molecule has 2 rings (SSSR count). The highest BCUT2D eigenvalue weighted by molar-refractivity contribution is 5.58. The van der Waals surface area contributed by atoms with Crippen molar-refractivity contribution in [3.63, 3.8) is 0 Å². The topological polar surface area (TPSA) is 44.3 Å². The van der Waals surface area contributed by atoms with Gasteiger partial charge in [-0.25, -0.2) is 9.97 Å². The zero-order valence-electron chi connectivity index (χ0n) is 14.1. The molecule has 1 aliphatic carbocycles. The Bertz CT molecular complexity index is 468. The molecule has 1 aromatic rings. The minimum absolute atomic E-state index is 0.580. The van der Waals surface area contributed by atoms with Crippen molar-refractivity contribution in [2.45, 2.75) is 39.0 Å². The highest BCUT2D eigenvalue weighted by Crippen LogP contribution is 2.39. The predicted molar refractivity (Wildman–Crippen MR) is 89.3 cm³/mol. The van der Waals surface area contributed by atoms with E-state index >= 15 is 0 Å². The Kier molecular flexibility index (Phi) is 5.39. The molecule has 1 fully saturated rings. The summed E-state index contributed by atoms with van der Waals surface area (Å²) in [5.41, 5.74) is 1.16. The lowest BCUT2D eigenvalue weighted by Gasteiger charge is -2.23. The molecule has 0 atom stereocenters. The minimum atomic E-state index is 0.580. The lowest BCUT2D eigenvalue weighted by Crippen LogP contribution is -2.25. The number of nitrogens with zero attached hydrogens (tertiary/aromatic N) is 4. The predicted octanol–water partition coefficient (Wildman–Crippen LogP) is 2.48. The van der Waals surface area contributed by atoms with Crippen LogP contribution in [0.25, 0.3) is 0 Å². The summed E-state index contributed by atoms with van der Waals surface area (Å²) < 4.78 is 0.